The third-order valence-corrected chi connectivity index (χ3v) is 6.40. The Morgan fingerprint density at radius 3 is 2.45 bits per heavy atom. The number of aliphatic hydroxyl groups excluding tert-OH is 1. The lowest BCUT2D eigenvalue weighted by molar-refractivity contribution is -0.115. The van der Waals surface area contributed by atoms with Crippen molar-refractivity contribution in [3.63, 3.8) is 0 Å². The minimum absolute atomic E-state index is 0.0285. The topological polar surface area (TPSA) is 127 Å². The van der Waals surface area contributed by atoms with Crippen LogP contribution in [0.15, 0.2) is 71.8 Å². The van der Waals surface area contributed by atoms with Crippen LogP contribution < -0.4 is 10.5 Å². The summed E-state index contributed by atoms with van der Waals surface area (Å²) in [5.74, 6) is -0.355. The molecule has 0 aliphatic heterocycles. The van der Waals surface area contributed by atoms with E-state index in [-0.39, 0.29) is 29.5 Å². The first kappa shape index (κ1) is 22.9. The molecule has 0 aliphatic rings. The Morgan fingerprint density at radius 2 is 1.79 bits per heavy atom. The molecule has 1 heterocycles. The van der Waals surface area contributed by atoms with Crippen molar-refractivity contribution in [3.8, 4) is 0 Å². The monoisotopic (exact) mass is 484 g/mol. The van der Waals surface area contributed by atoms with Crippen LogP contribution in [0.1, 0.15) is 16.7 Å². The van der Waals surface area contributed by atoms with Crippen LogP contribution in [-0.4, -0.2) is 29.2 Å². The number of amides is 1. The molecule has 1 aromatic heterocycles. The summed E-state index contributed by atoms with van der Waals surface area (Å²) in [6.07, 6.45) is 1.63. The average molecular weight is 485 g/mol. The van der Waals surface area contributed by atoms with E-state index >= 15 is 0 Å². The van der Waals surface area contributed by atoms with Gasteiger partial charge in [-0.2, -0.15) is 5.10 Å². The summed E-state index contributed by atoms with van der Waals surface area (Å²) < 4.78 is 26.1. The van der Waals surface area contributed by atoms with Gasteiger partial charge in [-0.05, 0) is 34.9 Å². The van der Waals surface area contributed by atoms with E-state index in [1.807, 2.05) is 12.1 Å². The second-order valence-electron chi connectivity index (χ2n) is 7.57. The van der Waals surface area contributed by atoms with Gasteiger partial charge in [0.25, 0.3) is 0 Å². The van der Waals surface area contributed by atoms with Crippen LogP contribution in [0, 0.1) is 0 Å². The van der Waals surface area contributed by atoms with Crippen LogP contribution in [0.5, 0.6) is 0 Å². The van der Waals surface area contributed by atoms with E-state index in [0.29, 0.717) is 28.0 Å². The summed E-state index contributed by atoms with van der Waals surface area (Å²) in [5.41, 5.74) is 3.01. The van der Waals surface area contributed by atoms with Gasteiger partial charge in [0.1, 0.15) is 0 Å². The molecule has 4 aromatic rings. The zero-order chi connectivity index (χ0) is 23.6. The number of hydrogen-bond acceptors (Lipinski definition) is 5. The fourth-order valence-electron chi connectivity index (χ4n) is 3.49. The number of hydrogen-bond donors (Lipinski definition) is 3. The minimum Gasteiger partial charge on any atom is -0.392 e. The molecule has 4 rings (SSSR count). The number of sulfonamides is 1. The van der Waals surface area contributed by atoms with E-state index in [1.54, 1.807) is 53.3 Å². The van der Waals surface area contributed by atoms with Crippen LogP contribution in [0.4, 0.5) is 5.69 Å². The number of aromatic nitrogens is 2. The fraction of sp³-hybridized carbons (Fsp3) is 0.130. The number of halogens is 1. The van der Waals surface area contributed by atoms with Crippen LogP contribution >= 0.6 is 11.6 Å². The molecule has 0 radical (unpaired) electrons. The van der Waals surface area contributed by atoms with Crippen molar-refractivity contribution in [3.05, 3.63) is 88.6 Å². The SMILES string of the molecule is NS(=O)(=O)c1cc(NC(=O)Cc2ccccc2Cl)cc2nn(Cc3ccc(CO)cc3)cc12. The number of primary sulfonamides is 1. The Labute approximate surface area is 195 Å². The van der Waals surface area contributed by atoms with Crippen molar-refractivity contribution in [2.45, 2.75) is 24.5 Å². The van der Waals surface area contributed by atoms with Crippen molar-refractivity contribution >= 4 is 44.1 Å². The van der Waals surface area contributed by atoms with Gasteiger partial charge in [0.15, 0.2) is 0 Å². The first-order valence-corrected chi connectivity index (χ1v) is 11.9. The number of aliphatic hydroxyl groups is 1. The Hall–Kier alpha value is -3.24. The van der Waals surface area contributed by atoms with E-state index in [2.05, 4.69) is 10.4 Å². The van der Waals surface area contributed by atoms with Crippen molar-refractivity contribution in [1.82, 2.24) is 9.78 Å². The molecule has 0 saturated carbocycles. The van der Waals surface area contributed by atoms with Crippen molar-refractivity contribution in [2.75, 3.05) is 5.32 Å². The highest BCUT2D eigenvalue weighted by Gasteiger charge is 2.18. The van der Waals surface area contributed by atoms with E-state index < -0.39 is 10.0 Å². The second-order valence-corrected chi connectivity index (χ2v) is 9.51. The lowest BCUT2D eigenvalue weighted by Crippen LogP contribution is -2.16. The number of carbonyl (C=O) groups is 1. The van der Waals surface area contributed by atoms with Gasteiger partial charge in [-0.3, -0.25) is 9.48 Å². The normalized spacial score (nSPS) is 11.6. The zero-order valence-corrected chi connectivity index (χ0v) is 19.0. The first-order chi connectivity index (χ1) is 15.7. The van der Waals surface area contributed by atoms with Crippen LogP contribution in [0.3, 0.4) is 0 Å². The molecule has 4 N–H and O–H groups in total. The molecule has 0 spiro atoms. The van der Waals surface area contributed by atoms with Crippen molar-refractivity contribution < 1.29 is 18.3 Å². The molecule has 0 saturated heterocycles. The lowest BCUT2D eigenvalue weighted by Gasteiger charge is -2.08. The van der Waals surface area contributed by atoms with Gasteiger partial charge >= 0.3 is 0 Å². The lowest BCUT2D eigenvalue weighted by atomic mass is 10.1. The number of nitrogens with zero attached hydrogens (tertiary/aromatic N) is 2. The van der Waals surface area contributed by atoms with E-state index in [1.165, 1.54) is 6.07 Å². The smallest absolute Gasteiger partial charge is 0.238 e. The van der Waals surface area contributed by atoms with Crippen LogP contribution in [-0.2, 0) is 34.4 Å². The average Bonchev–Trinajstić information content (AvgIpc) is 3.16. The highest BCUT2D eigenvalue weighted by atomic mass is 35.5. The number of benzene rings is 3. The van der Waals surface area contributed by atoms with Gasteiger partial charge in [-0.1, -0.05) is 54.1 Å². The second kappa shape index (κ2) is 9.32. The predicted molar refractivity (Wildman–Crippen MR) is 126 cm³/mol. The largest absolute Gasteiger partial charge is 0.392 e. The number of carbonyl (C=O) groups excluding carboxylic acids is 1. The first-order valence-electron chi connectivity index (χ1n) is 9.99. The van der Waals surface area contributed by atoms with Crippen LogP contribution in [0.2, 0.25) is 5.02 Å². The summed E-state index contributed by atoms with van der Waals surface area (Å²) >= 11 is 6.12. The van der Waals surface area contributed by atoms with Gasteiger partial charge in [0.05, 0.1) is 30.0 Å². The van der Waals surface area contributed by atoms with Crippen LogP contribution in [0.25, 0.3) is 10.9 Å². The number of rotatable bonds is 7. The quantitative estimate of drug-likeness (QED) is 0.371. The Balaban J connectivity index is 1.64. The number of anilines is 1. The van der Waals surface area contributed by atoms with Gasteiger partial charge in [0, 0.05) is 22.3 Å². The number of nitrogens with two attached hydrogens (primary N) is 1. The molecule has 1 amide bonds. The Kier molecular flexibility index (Phi) is 6.48. The molecule has 8 nitrogen and oxygen atoms in total. The standard InChI is InChI=1S/C23H21ClN4O4S/c24-20-4-2-1-3-17(20)9-23(30)26-18-10-21-19(22(11-18)33(25,31)32)13-28(27-21)12-15-5-7-16(14-29)8-6-15/h1-8,10-11,13,29H,9,12,14H2,(H,26,30)(H2,25,31,32). The molecule has 33 heavy (non-hydrogen) atoms. The number of fused-ring (bicyclic) bond motifs is 1. The minimum atomic E-state index is -4.08. The maximum Gasteiger partial charge on any atom is 0.238 e. The van der Waals surface area contributed by atoms with E-state index in [4.69, 9.17) is 16.7 Å². The van der Waals surface area contributed by atoms with Crippen molar-refractivity contribution in [2.24, 2.45) is 5.14 Å². The molecule has 3 aromatic carbocycles. The van der Waals surface area contributed by atoms with Gasteiger partial charge < -0.3 is 10.4 Å². The summed E-state index contributed by atoms with van der Waals surface area (Å²) in [4.78, 5) is 12.4. The number of nitrogens with one attached hydrogen (secondary N) is 1. The summed E-state index contributed by atoms with van der Waals surface area (Å²) in [6.45, 7) is 0.341. The van der Waals surface area contributed by atoms with E-state index in [9.17, 15) is 18.3 Å². The molecular formula is C23H21ClN4O4S. The molecule has 0 aliphatic carbocycles. The van der Waals surface area contributed by atoms with Crippen molar-refractivity contribution in [1.29, 1.82) is 0 Å². The molecule has 170 valence electrons. The molecule has 0 atom stereocenters. The zero-order valence-electron chi connectivity index (χ0n) is 17.4. The summed E-state index contributed by atoms with van der Waals surface area (Å²) in [5, 5.41) is 22.6. The highest BCUT2D eigenvalue weighted by molar-refractivity contribution is 7.89. The summed E-state index contributed by atoms with van der Waals surface area (Å²) in [6, 6.07) is 17.2. The Bertz CT molecular complexity index is 1430. The molecule has 0 fully saturated rings. The van der Waals surface area contributed by atoms with E-state index in [0.717, 1.165) is 11.1 Å². The molecular weight excluding hydrogens is 464 g/mol. The Morgan fingerprint density at radius 1 is 1.09 bits per heavy atom. The van der Waals surface area contributed by atoms with Gasteiger partial charge in [0.2, 0.25) is 15.9 Å². The predicted octanol–water partition coefficient (Wildman–Crippen LogP) is 3.06. The third kappa shape index (κ3) is 5.40. The summed E-state index contributed by atoms with van der Waals surface area (Å²) in [7, 11) is -4.08. The molecule has 10 heteroatoms. The molecule has 0 unspecified atom stereocenters. The molecule has 0 bridgehead atoms. The fourth-order valence-corrected chi connectivity index (χ4v) is 4.44. The van der Waals surface area contributed by atoms with Gasteiger partial charge in [-0.15, -0.1) is 0 Å². The van der Waals surface area contributed by atoms with Gasteiger partial charge in [-0.25, -0.2) is 13.6 Å². The third-order valence-electron chi connectivity index (χ3n) is 5.08. The highest BCUT2D eigenvalue weighted by Crippen LogP contribution is 2.27. The maximum atomic E-state index is 12.5. The maximum absolute atomic E-state index is 12.5.